The van der Waals surface area contributed by atoms with Crippen molar-refractivity contribution in [3.63, 3.8) is 0 Å². The molecule has 3 aliphatic carbocycles. The summed E-state index contributed by atoms with van der Waals surface area (Å²) in [4.78, 5) is 8.25. The second-order valence-electron chi connectivity index (χ2n) is 34.0. The van der Waals surface area contributed by atoms with Gasteiger partial charge in [-0.25, -0.2) is 0 Å². The first-order valence-corrected chi connectivity index (χ1v) is 35.9. The van der Waals surface area contributed by atoms with Crippen molar-refractivity contribution in [2.24, 2.45) is 34.0 Å². The Morgan fingerprint density at radius 2 is 0.638 bits per heavy atom. The van der Waals surface area contributed by atoms with Crippen LogP contribution in [0.5, 0.6) is 0 Å². The Hall–Kier alpha value is -8.14. The van der Waals surface area contributed by atoms with Gasteiger partial charge in [-0.2, -0.15) is 0 Å². The quantitative estimate of drug-likeness (QED) is 0.147. The monoisotopic (exact) mass is 1230 g/mol. The van der Waals surface area contributed by atoms with Crippen molar-refractivity contribution < 1.29 is 0 Å². The summed E-state index contributed by atoms with van der Waals surface area (Å²) in [6.07, 6.45) is 10.8. The van der Waals surface area contributed by atoms with Crippen LogP contribution in [0.25, 0.3) is 76.8 Å². The van der Waals surface area contributed by atoms with Crippen LogP contribution in [0.15, 0.2) is 212 Å². The molecule has 0 N–H and O–H groups in total. The van der Waals surface area contributed by atoms with Crippen LogP contribution < -0.4 is 14.7 Å². The SMILES string of the molecule is CC(C)(C)C1CCC2(C)C(C1)c1cc(-c3cc(-c4ccccc4)c4ccc5c(-c6ccc7c(c6)C6CC(C(C)(C)C)CCC6(C)N7c6ccccc6)cc(-c6ccc7c(c6)C6CCC(C(C)(C)C)CC6(C)N7c6ccccc6)c6ccc3c4c56)ccc1N2c1ccccc1. The summed E-state index contributed by atoms with van der Waals surface area (Å²) in [7, 11) is 0. The summed E-state index contributed by atoms with van der Waals surface area (Å²) in [5.74, 6) is 3.10. The van der Waals surface area contributed by atoms with Gasteiger partial charge in [-0.1, -0.05) is 190 Å². The van der Waals surface area contributed by atoms with Crippen molar-refractivity contribution in [3.8, 4) is 44.5 Å². The van der Waals surface area contributed by atoms with E-state index in [-0.39, 0.29) is 32.9 Å². The highest BCUT2D eigenvalue weighted by atomic mass is 15.3. The van der Waals surface area contributed by atoms with Gasteiger partial charge in [-0.3, -0.25) is 0 Å². The van der Waals surface area contributed by atoms with E-state index in [2.05, 4.69) is 310 Å². The number of para-hydroxylation sites is 3. The Labute approximate surface area is 560 Å². The van der Waals surface area contributed by atoms with E-state index in [1.54, 1.807) is 0 Å². The predicted octanol–water partition coefficient (Wildman–Crippen LogP) is 25.8. The van der Waals surface area contributed by atoms with E-state index in [0.29, 0.717) is 35.5 Å². The highest BCUT2D eigenvalue weighted by Gasteiger charge is 2.56. The lowest BCUT2D eigenvalue weighted by Crippen LogP contribution is -2.49. The minimum absolute atomic E-state index is 0.0299. The van der Waals surface area contributed by atoms with Crippen molar-refractivity contribution in [2.75, 3.05) is 14.7 Å². The smallest absolute Gasteiger partial charge is 0.0495 e. The molecule has 3 saturated carbocycles. The van der Waals surface area contributed by atoms with Crippen LogP contribution in [-0.2, 0) is 0 Å². The number of anilines is 6. The van der Waals surface area contributed by atoms with Crippen LogP contribution in [-0.4, -0.2) is 16.6 Å². The molecule has 11 aromatic carbocycles. The molecule has 0 spiro atoms. The molecule has 3 heterocycles. The van der Waals surface area contributed by atoms with Gasteiger partial charge < -0.3 is 14.7 Å². The highest BCUT2D eigenvalue weighted by Crippen LogP contribution is 2.65. The van der Waals surface area contributed by atoms with Gasteiger partial charge in [0, 0.05) is 68.5 Å². The summed E-state index contributed by atoms with van der Waals surface area (Å²) < 4.78 is 0. The average Bonchev–Trinajstić information content (AvgIpc) is 1.17. The number of rotatable bonds is 7. The van der Waals surface area contributed by atoms with E-state index < -0.39 is 0 Å². The molecule has 0 aromatic heterocycles. The third-order valence-electron chi connectivity index (χ3n) is 25.9. The molecular weight excluding hydrogens is 1140 g/mol. The first-order chi connectivity index (χ1) is 45.1. The standard InChI is InChI=1S/C91H95N3/c1-86(2,3)61-45-47-89(10)79(52-61)76-50-59(34-43-82(76)92(89)64-27-19-14-20-28-64)72-54-71(57-25-17-13-18-26-57)67-37-38-69-74(60-35-44-83-77(51-60)80-53-62(87(4,5)6)46-48-90(80,11)93(83)65-29-21-15-22-30-65)55-73(70-40-39-68(72)84(67)85(69)70)58-33-42-81-75(49-58)78-41-36-63(88(7,8)9)56-91(78,12)94(81)66-31-23-16-24-32-66/h13-35,37-40,42-44,49-51,54-55,61-63,78-80H,36,41,45-48,52-53,56H2,1-12H3. The first-order valence-electron chi connectivity index (χ1n) is 35.9. The third kappa shape index (κ3) is 9.01. The summed E-state index contributed by atoms with van der Waals surface area (Å²) in [5.41, 5.74) is 23.5. The molecule has 0 amide bonds. The molecule has 3 nitrogen and oxygen atoms in total. The average molecular weight is 1230 g/mol. The molecular formula is C91H95N3. The van der Waals surface area contributed by atoms with Crippen molar-refractivity contribution >= 4 is 66.4 Å². The Morgan fingerprint density at radius 1 is 0.309 bits per heavy atom. The van der Waals surface area contributed by atoms with Crippen LogP contribution in [0, 0.1) is 34.0 Å². The molecule has 474 valence electrons. The summed E-state index contributed by atoms with van der Waals surface area (Å²) >= 11 is 0. The fourth-order valence-corrected chi connectivity index (χ4v) is 20.6. The lowest BCUT2D eigenvalue weighted by atomic mass is 9.62. The molecule has 0 saturated heterocycles. The van der Waals surface area contributed by atoms with Gasteiger partial charge in [0.25, 0.3) is 0 Å². The van der Waals surface area contributed by atoms with Gasteiger partial charge in [-0.15, -0.1) is 0 Å². The Bertz CT molecular complexity index is 4750. The molecule has 3 aliphatic heterocycles. The number of fused-ring (bicyclic) bond motifs is 9. The van der Waals surface area contributed by atoms with Gasteiger partial charge in [-0.05, 0) is 291 Å². The molecule has 17 rings (SSSR count). The summed E-state index contributed by atoms with van der Waals surface area (Å²) in [5, 5.41) is 8.03. The highest BCUT2D eigenvalue weighted by molar-refractivity contribution is 6.32. The second-order valence-corrected chi connectivity index (χ2v) is 34.0. The predicted molar refractivity (Wildman–Crippen MR) is 401 cm³/mol. The van der Waals surface area contributed by atoms with Crippen molar-refractivity contribution in [3.05, 3.63) is 229 Å². The first kappa shape index (κ1) is 59.6. The lowest BCUT2D eigenvalue weighted by Gasteiger charge is -2.50. The lowest BCUT2D eigenvalue weighted by molar-refractivity contribution is 0.120. The number of hydrogen-bond acceptors (Lipinski definition) is 3. The third-order valence-corrected chi connectivity index (χ3v) is 25.9. The topological polar surface area (TPSA) is 9.72 Å². The van der Waals surface area contributed by atoms with Crippen molar-refractivity contribution in [1.29, 1.82) is 0 Å². The fourth-order valence-electron chi connectivity index (χ4n) is 20.6. The van der Waals surface area contributed by atoms with Gasteiger partial charge in [0.15, 0.2) is 0 Å². The largest absolute Gasteiger partial charge is 0.335 e. The van der Waals surface area contributed by atoms with E-state index >= 15 is 0 Å². The molecule has 3 fully saturated rings. The van der Waals surface area contributed by atoms with E-state index in [1.165, 1.54) is 179 Å². The molecule has 9 atom stereocenters. The molecule has 0 bridgehead atoms. The van der Waals surface area contributed by atoms with E-state index in [1.807, 2.05) is 0 Å². The van der Waals surface area contributed by atoms with Gasteiger partial charge in [0.05, 0.1) is 0 Å². The Kier molecular flexibility index (Phi) is 13.4. The molecule has 11 aromatic rings. The van der Waals surface area contributed by atoms with Crippen LogP contribution in [0.2, 0.25) is 0 Å². The van der Waals surface area contributed by atoms with Gasteiger partial charge in [0.1, 0.15) is 0 Å². The summed E-state index contributed by atoms with van der Waals surface area (Å²) in [6.45, 7) is 30.1. The molecule has 3 heteroatoms. The molecule has 94 heavy (non-hydrogen) atoms. The zero-order valence-corrected chi connectivity index (χ0v) is 57.9. The maximum Gasteiger partial charge on any atom is 0.0495 e. The minimum atomic E-state index is -0.0600. The zero-order chi connectivity index (χ0) is 64.6. The van der Waals surface area contributed by atoms with Crippen LogP contribution >= 0.6 is 0 Å². The Morgan fingerprint density at radius 3 is 1.00 bits per heavy atom. The molecule has 0 radical (unpaired) electrons. The maximum atomic E-state index is 2.76. The van der Waals surface area contributed by atoms with Crippen molar-refractivity contribution in [1.82, 2.24) is 0 Å². The van der Waals surface area contributed by atoms with Gasteiger partial charge in [0.2, 0.25) is 0 Å². The van der Waals surface area contributed by atoms with Crippen molar-refractivity contribution in [2.45, 2.75) is 175 Å². The second kappa shape index (κ2) is 21.2. The number of benzene rings is 11. The zero-order valence-electron chi connectivity index (χ0n) is 57.9. The molecule has 6 aliphatic rings. The van der Waals surface area contributed by atoms with E-state index in [4.69, 9.17) is 0 Å². The van der Waals surface area contributed by atoms with Gasteiger partial charge >= 0.3 is 0 Å². The Balaban J connectivity index is 0.920. The van der Waals surface area contributed by atoms with Crippen LogP contribution in [0.4, 0.5) is 34.1 Å². The molecule has 9 unspecified atom stereocenters. The van der Waals surface area contributed by atoms with Crippen LogP contribution in [0.3, 0.4) is 0 Å². The summed E-state index contributed by atoms with van der Waals surface area (Å²) in [6, 6.07) is 83.6. The van der Waals surface area contributed by atoms with Crippen LogP contribution in [0.1, 0.15) is 175 Å². The fraction of sp³-hybridized carbons (Fsp3) is 0.363. The van der Waals surface area contributed by atoms with E-state index in [0.717, 1.165) is 6.42 Å². The number of nitrogens with zero attached hydrogens (tertiary/aromatic N) is 3. The normalized spacial score (nSPS) is 25.8. The maximum absolute atomic E-state index is 2.76. The van der Waals surface area contributed by atoms with E-state index in [9.17, 15) is 0 Å². The minimum Gasteiger partial charge on any atom is -0.335 e. The number of hydrogen-bond donors (Lipinski definition) is 0.